The third-order valence-corrected chi connectivity index (χ3v) is 1.81. The van der Waals surface area contributed by atoms with E-state index in [1.54, 1.807) is 0 Å². The molecule has 0 aliphatic carbocycles. The van der Waals surface area contributed by atoms with Crippen LogP contribution in [-0.2, 0) is 4.79 Å². The number of nitrogens with zero attached hydrogens (tertiary/aromatic N) is 1. The van der Waals surface area contributed by atoms with Gasteiger partial charge in [0.05, 0.1) is 6.61 Å². The van der Waals surface area contributed by atoms with Crippen LogP contribution in [0.5, 0.6) is 0 Å². The Morgan fingerprint density at radius 3 is 2.46 bits per heavy atom. The summed E-state index contributed by atoms with van der Waals surface area (Å²) in [6.45, 7) is 1.73. The van der Waals surface area contributed by atoms with E-state index in [2.05, 4.69) is 0 Å². The lowest BCUT2D eigenvalue weighted by atomic mass is 10.2. The van der Waals surface area contributed by atoms with E-state index in [0.29, 0.717) is 5.06 Å². The van der Waals surface area contributed by atoms with E-state index < -0.39 is 18.6 Å². The Hall–Kier alpha value is -0.650. The number of hydrogen-bond acceptors (Lipinski definition) is 4. The van der Waals surface area contributed by atoms with Crippen LogP contribution >= 0.6 is 0 Å². The summed E-state index contributed by atoms with van der Waals surface area (Å²) in [6, 6.07) is -1.20. The van der Waals surface area contributed by atoms with Gasteiger partial charge in [0.1, 0.15) is 0 Å². The highest BCUT2D eigenvalue weighted by Gasteiger charge is 2.22. The van der Waals surface area contributed by atoms with Crippen molar-refractivity contribution in [3.8, 4) is 0 Å². The molecule has 3 N–H and O–H groups in total. The van der Waals surface area contributed by atoms with Gasteiger partial charge in [-0.3, -0.25) is 4.79 Å². The van der Waals surface area contributed by atoms with E-state index in [-0.39, 0.29) is 6.54 Å². The molecule has 0 saturated heterocycles. The van der Waals surface area contributed by atoms with Gasteiger partial charge < -0.3 is 15.4 Å². The second-order valence-electron chi connectivity index (χ2n) is 2.91. The molecule has 0 radical (unpaired) electrons. The summed E-state index contributed by atoms with van der Waals surface area (Å²) >= 11 is 0. The zero-order valence-electron chi connectivity index (χ0n) is 7.81. The Morgan fingerprint density at radius 1 is 1.46 bits per heavy atom. The van der Waals surface area contributed by atoms with Crippen molar-refractivity contribution in [2.45, 2.75) is 32.2 Å². The molecule has 0 aromatic heterocycles. The van der Waals surface area contributed by atoms with E-state index in [9.17, 15) is 10.0 Å². The highest BCUT2D eigenvalue weighted by Crippen LogP contribution is 2.00. The molecule has 5 nitrogen and oxygen atoms in total. The van der Waals surface area contributed by atoms with Gasteiger partial charge in [0, 0.05) is 6.54 Å². The van der Waals surface area contributed by atoms with Crippen molar-refractivity contribution in [3.05, 3.63) is 0 Å². The number of carbonyl (C=O) groups is 1. The summed E-state index contributed by atoms with van der Waals surface area (Å²) < 4.78 is 0. The number of hydroxylamine groups is 2. The first-order chi connectivity index (χ1) is 6.13. The van der Waals surface area contributed by atoms with Crippen molar-refractivity contribution in [2.75, 3.05) is 13.2 Å². The lowest BCUT2D eigenvalue weighted by Gasteiger charge is -2.20. The zero-order chi connectivity index (χ0) is 10.3. The van der Waals surface area contributed by atoms with Crippen LogP contribution in [0.2, 0.25) is 0 Å². The molecule has 0 fully saturated rings. The minimum atomic E-state index is -1.21. The third kappa shape index (κ3) is 4.82. The van der Waals surface area contributed by atoms with Crippen LogP contribution in [0.25, 0.3) is 0 Å². The van der Waals surface area contributed by atoms with Crippen molar-refractivity contribution in [1.82, 2.24) is 5.06 Å². The lowest BCUT2D eigenvalue weighted by Crippen LogP contribution is -2.42. The maximum atomic E-state index is 10.4. The Kier molecular flexibility index (Phi) is 6.48. The average Bonchev–Trinajstić information content (AvgIpc) is 2.05. The Balaban J connectivity index is 3.77. The zero-order valence-corrected chi connectivity index (χ0v) is 7.81. The highest BCUT2D eigenvalue weighted by atomic mass is 16.5. The first-order valence-corrected chi connectivity index (χ1v) is 4.42. The fraction of sp³-hybridized carbons (Fsp3) is 0.875. The number of aliphatic hydroxyl groups excluding tert-OH is 1. The molecular formula is C8H17NO4. The van der Waals surface area contributed by atoms with Crippen molar-refractivity contribution in [3.63, 3.8) is 0 Å². The SMILES string of the molecule is CCCCCN(O)[C@@H](CO)C(=O)O. The second kappa shape index (κ2) is 6.82. The van der Waals surface area contributed by atoms with Gasteiger partial charge in [-0.05, 0) is 6.42 Å². The first kappa shape index (κ1) is 12.3. The van der Waals surface area contributed by atoms with Gasteiger partial charge in [0.15, 0.2) is 6.04 Å². The topological polar surface area (TPSA) is 81.0 Å². The maximum Gasteiger partial charge on any atom is 0.325 e. The molecule has 0 aliphatic rings. The van der Waals surface area contributed by atoms with Crippen LogP contribution in [0.1, 0.15) is 26.2 Å². The molecule has 0 rings (SSSR count). The molecule has 0 unspecified atom stereocenters. The Labute approximate surface area is 77.6 Å². The standard InChI is InChI=1S/C8H17NO4/c1-2-3-4-5-9(13)7(6-10)8(11)12/h7,10,13H,2-6H2,1H3,(H,11,12)/t7-/m0/s1. The molecule has 0 aromatic rings. The molecule has 1 atom stereocenters. The fourth-order valence-electron chi connectivity index (χ4n) is 0.979. The van der Waals surface area contributed by atoms with Gasteiger partial charge in [0.2, 0.25) is 0 Å². The normalized spacial score (nSPS) is 13.2. The van der Waals surface area contributed by atoms with Crippen molar-refractivity contribution in [1.29, 1.82) is 0 Å². The van der Waals surface area contributed by atoms with E-state index in [0.717, 1.165) is 19.3 Å². The monoisotopic (exact) mass is 191 g/mol. The number of aliphatic hydroxyl groups is 1. The van der Waals surface area contributed by atoms with Gasteiger partial charge in [-0.15, -0.1) is 0 Å². The van der Waals surface area contributed by atoms with Gasteiger partial charge in [0.25, 0.3) is 0 Å². The van der Waals surface area contributed by atoms with Crippen LogP contribution in [0.4, 0.5) is 0 Å². The van der Waals surface area contributed by atoms with Crippen LogP contribution in [-0.4, -0.2) is 45.6 Å². The van der Waals surface area contributed by atoms with Gasteiger partial charge in [-0.25, -0.2) is 0 Å². The van der Waals surface area contributed by atoms with Crippen LogP contribution in [0, 0.1) is 0 Å². The summed E-state index contributed by atoms with van der Waals surface area (Å²) in [5, 5.41) is 27.1. The van der Waals surface area contributed by atoms with E-state index in [4.69, 9.17) is 10.2 Å². The summed E-state index contributed by atoms with van der Waals surface area (Å²) in [7, 11) is 0. The fourth-order valence-corrected chi connectivity index (χ4v) is 0.979. The van der Waals surface area contributed by atoms with Gasteiger partial charge in [-0.2, -0.15) is 5.06 Å². The van der Waals surface area contributed by atoms with Crippen molar-refractivity contribution in [2.24, 2.45) is 0 Å². The molecule has 0 amide bonds. The largest absolute Gasteiger partial charge is 0.480 e. The minimum absolute atomic E-state index is 0.283. The van der Waals surface area contributed by atoms with Gasteiger partial charge >= 0.3 is 5.97 Å². The second-order valence-corrected chi connectivity index (χ2v) is 2.91. The predicted molar refractivity (Wildman–Crippen MR) is 46.5 cm³/mol. The van der Waals surface area contributed by atoms with Crippen LogP contribution in [0.15, 0.2) is 0 Å². The number of unbranched alkanes of at least 4 members (excludes halogenated alkanes) is 2. The summed E-state index contributed by atoms with van der Waals surface area (Å²) in [5.41, 5.74) is 0. The molecule has 0 bridgehead atoms. The van der Waals surface area contributed by atoms with Crippen molar-refractivity contribution >= 4 is 5.97 Å². The van der Waals surface area contributed by atoms with E-state index in [1.807, 2.05) is 6.92 Å². The molecule has 0 spiro atoms. The molecule has 5 heteroatoms. The summed E-state index contributed by atoms with van der Waals surface area (Å²) in [6.07, 6.45) is 2.68. The molecule has 0 aliphatic heterocycles. The quantitative estimate of drug-likeness (QED) is 0.398. The summed E-state index contributed by atoms with van der Waals surface area (Å²) in [5.74, 6) is -1.21. The third-order valence-electron chi connectivity index (χ3n) is 1.81. The number of carboxylic acids is 1. The average molecular weight is 191 g/mol. The van der Waals surface area contributed by atoms with E-state index in [1.165, 1.54) is 0 Å². The van der Waals surface area contributed by atoms with E-state index >= 15 is 0 Å². The summed E-state index contributed by atoms with van der Waals surface area (Å²) in [4.78, 5) is 10.4. The Bertz CT molecular complexity index is 151. The predicted octanol–water partition coefficient (Wildman–Crippen LogP) is 0.313. The smallest absolute Gasteiger partial charge is 0.325 e. The number of aliphatic carboxylic acids is 1. The minimum Gasteiger partial charge on any atom is -0.480 e. The maximum absolute atomic E-state index is 10.4. The van der Waals surface area contributed by atoms with Crippen molar-refractivity contribution < 1.29 is 20.2 Å². The Morgan fingerprint density at radius 2 is 2.08 bits per heavy atom. The number of rotatable bonds is 7. The molecule has 0 saturated carbocycles. The van der Waals surface area contributed by atoms with Crippen LogP contribution < -0.4 is 0 Å². The molecule has 0 heterocycles. The lowest BCUT2D eigenvalue weighted by molar-refractivity contribution is -0.174. The molecular weight excluding hydrogens is 174 g/mol. The number of carboxylic acid groups (broad SMARTS) is 1. The number of hydrogen-bond donors (Lipinski definition) is 3. The molecule has 0 aromatic carbocycles. The van der Waals surface area contributed by atoms with Gasteiger partial charge in [-0.1, -0.05) is 19.8 Å². The highest BCUT2D eigenvalue weighted by molar-refractivity contribution is 5.73. The molecule has 78 valence electrons. The molecule has 13 heavy (non-hydrogen) atoms. The first-order valence-electron chi connectivity index (χ1n) is 4.42. The van der Waals surface area contributed by atoms with Crippen LogP contribution in [0.3, 0.4) is 0 Å².